The van der Waals surface area contributed by atoms with Crippen molar-refractivity contribution in [3.05, 3.63) is 0 Å². The van der Waals surface area contributed by atoms with Crippen LogP contribution >= 0.6 is 0 Å². The largest absolute Gasteiger partial charge is 0.480 e. The van der Waals surface area contributed by atoms with Crippen LogP contribution < -0.4 is 0 Å². The Morgan fingerprint density at radius 1 is 1.50 bits per heavy atom. The lowest BCUT2D eigenvalue weighted by Gasteiger charge is -2.36. The molecule has 2 unspecified atom stereocenters. The van der Waals surface area contributed by atoms with Gasteiger partial charge in [0.2, 0.25) is 0 Å². The number of likely N-dealkylation sites (N-methyl/N-ethyl adjacent to an activating group) is 1. The van der Waals surface area contributed by atoms with Crippen LogP contribution in [-0.2, 0) is 9.53 Å². The van der Waals surface area contributed by atoms with Crippen molar-refractivity contribution >= 4 is 12.0 Å². The summed E-state index contributed by atoms with van der Waals surface area (Å²) in [5.41, 5.74) is 0. The Labute approximate surface area is 107 Å². The molecular formula is C12H22N2O4. The van der Waals surface area contributed by atoms with Crippen molar-refractivity contribution < 1.29 is 19.4 Å². The van der Waals surface area contributed by atoms with E-state index in [1.807, 2.05) is 6.92 Å². The molecule has 1 N–H and O–H groups in total. The summed E-state index contributed by atoms with van der Waals surface area (Å²) >= 11 is 0. The quantitative estimate of drug-likeness (QED) is 0.817. The molecule has 1 heterocycles. The number of rotatable bonds is 4. The predicted octanol–water partition coefficient (Wildman–Crippen LogP) is 1.01. The van der Waals surface area contributed by atoms with Gasteiger partial charge in [0.1, 0.15) is 6.04 Å². The number of ether oxygens (including phenoxy) is 1. The van der Waals surface area contributed by atoms with E-state index in [0.29, 0.717) is 26.1 Å². The van der Waals surface area contributed by atoms with Crippen molar-refractivity contribution in [2.24, 2.45) is 0 Å². The minimum absolute atomic E-state index is 0.0565. The first kappa shape index (κ1) is 14.8. The first-order valence-corrected chi connectivity index (χ1v) is 6.37. The fraction of sp³-hybridized carbons (Fsp3) is 0.833. The van der Waals surface area contributed by atoms with Gasteiger partial charge in [-0.1, -0.05) is 13.8 Å². The van der Waals surface area contributed by atoms with Gasteiger partial charge in [0, 0.05) is 20.1 Å². The van der Waals surface area contributed by atoms with E-state index in [1.165, 1.54) is 4.90 Å². The minimum Gasteiger partial charge on any atom is -0.480 e. The average molecular weight is 258 g/mol. The Balaban J connectivity index is 2.65. The van der Waals surface area contributed by atoms with E-state index in [4.69, 9.17) is 9.84 Å². The maximum absolute atomic E-state index is 12.2. The molecule has 1 rings (SSSR count). The number of hydrogen-bond donors (Lipinski definition) is 1. The van der Waals surface area contributed by atoms with Gasteiger partial charge in [0.25, 0.3) is 0 Å². The summed E-state index contributed by atoms with van der Waals surface area (Å²) in [4.78, 5) is 26.2. The molecule has 0 aromatic heterocycles. The molecule has 0 aromatic rings. The van der Waals surface area contributed by atoms with Crippen LogP contribution in [0.25, 0.3) is 0 Å². The van der Waals surface area contributed by atoms with Gasteiger partial charge in [-0.2, -0.15) is 0 Å². The molecule has 1 aliphatic rings. The van der Waals surface area contributed by atoms with Crippen LogP contribution in [0.3, 0.4) is 0 Å². The third-order valence-corrected chi connectivity index (χ3v) is 3.31. The number of amides is 2. The van der Waals surface area contributed by atoms with Gasteiger partial charge >= 0.3 is 12.0 Å². The van der Waals surface area contributed by atoms with Crippen LogP contribution in [0.15, 0.2) is 0 Å². The lowest BCUT2D eigenvalue weighted by atomic mass is 10.2. The molecule has 2 atom stereocenters. The molecule has 2 amide bonds. The van der Waals surface area contributed by atoms with E-state index in [2.05, 4.69) is 0 Å². The number of morpholine rings is 1. The van der Waals surface area contributed by atoms with Crippen LogP contribution in [0.2, 0.25) is 0 Å². The number of hydrogen-bond acceptors (Lipinski definition) is 3. The van der Waals surface area contributed by atoms with Crippen LogP contribution in [0.1, 0.15) is 26.7 Å². The molecule has 1 fully saturated rings. The first-order chi connectivity index (χ1) is 8.51. The van der Waals surface area contributed by atoms with Crippen LogP contribution in [0.4, 0.5) is 4.79 Å². The van der Waals surface area contributed by atoms with Crippen LogP contribution in [-0.4, -0.2) is 65.8 Å². The zero-order valence-electron chi connectivity index (χ0n) is 11.3. The lowest BCUT2D eigenvalue weighted by Crippen LogP contribution is -2.53. The van der Waals surface area contributed by atoms with Crippen LogP contribution in [0.5, 0.6) is 0 Å². The second-order valence-electron chi connectivity index (χ2n) is 4.50. The zero-order chi connectivity index (χ0) is 13.7. The highest BCUT2D eigenvalue weighted by atomic mass is 16.5. The average Bonchev–Trinajstić information content (AvgIpc) is 2.38. The summed E-state index contributed by atoms with van der Waals surface area (Å²) in [5, 5.41) is 9.05. The second kappa shape index (κ2) is 6.58. The molecule has 1 aliphatic heterocycles. The number of urea groups is 1. The minimum atomic E-state index is -0.964. The van der Waals surface area contributed by atoms with Gasteiger partial charge in [-0.15, -0.1) is 0 Å². The van der Waals surface area contributed by atoms with E-state index in [9.17, 15) is 9.59 Å². The number of carbonyl (C=O) groups excluding carboxylic acids is 1. The predicted molar refractivity (Wildman–Crippen MR) is 66.5 cm³/mol. The third kappa shape index (κ3) is 3.35. The Kier molecular flexibility index (Phi) is 5.40. The van der Waals surface area contributed by atoms with Crippen molar-refractivity contribution in [3.63, 3.8) is 0 Å². The van der Waals surface area contributed by atoms with Crippen molar-refractivity contribution in [1.82, 2.24) is 9.80 Å². The third-order valence-electron chi connectivity index (χ3n) is 3.31. The number of aliphatic carboxylic acids is 1. The molecule has 18 heavy (non-hydrogen) atoms. The van der Waals surface area contributed by atoms with Gasteiger partial charge in [0.05, 0.1) is 12.7 Å². The molecule has 0 aliphatic carbocycles. The van der Waals surface area contributed by atoms with Crippen molar-refractivity contribution in [2.45, 2.75) is 38.8 Å². The van der Waals surface area contributed by atoms with Gasteiger partial charge in [-0.25, -0.2) is 9.59 Å². The Bertz CT molecular complexity index is 308. The Hall–Kier alpha value is -1.30. The maximum atomic E-state index is 12.2. The standard InChI is InChI=1S/C12H22N2O4/c1-4-9-8-14(6-7-18-9)12(17)13(3)10(5-2)11(15)16/h9-10H,4-8H2,1-3H3,(H,15,16). The summed E-state index contributed by atoms with van der Waals surface area (Å²) in [6.07, 6.45) is 1.31. The molecule has 0 radical (unpaired) electrons. The topological polar surface area (TPSA) is 70.1 Å². The normalized spacial score (nSPS) is 21.5. The van der Waals surface area contributed by atoms with Crippen molar-refractivity contribution in [1.29, 1.82) is 0 Å². The highest BCUT2D eigenvalue weighted by molar-refractivity contribution is 5.82. The second-order valence-corrected chi connectivity index (χ2v) is 4.50. The number of carboxylic acid groups (broad SMARTS) is 1. The van der Waals surface area contributed by atoms with Gasteiger partial charge in [-0.3, -0.25) is 0 Å². The summed E-state index contributed by atoms with van der Waals surface area (Å²) in [6, 6.07) is -0.994. The van der Waals surface area contributed by atoms with Gasteiger partial charge in [-0.05, 0) is 12.8 Å². The van der Waals surface area contributed by atoms with Gasteiger partial charge < -0.3 is 19.6 Å². The summed E-state index contributed by atoms with van der Waals surface area (Å²) in [6.45, 7) is 5.35. The van der Waals surface area contributed by atoms with Crippen molar-refractivity contribution in [2.75, 3.05) is 26.7 Å². The number of nitrogens with zero attached hydrogens (tertiary/aromatic N) is 2. The monoisotopic (exact) mass is 258 g/mol. The summed E-state index contributed by atoms with van der Waals surface area (Å²) < 4.78 is 5.49. The fourth-order valence-corrected chi connectivity index (χ4v) is 2.11. The summed E-state index contributed by atoms with van der Waals surface area (Å²) in [7, 11) is 1.54. The Morgan fingerprint density at radius 3 is 2.67 bits per heavy atom. The number of carboxylic acids is 1. The molecule has 6 nitrogen and oxygen atoms in total. The van der Waals surface area contributed by atoms with E-state index in [1.54, 1.807) is 18.9 Å². The molecular weight excluding hydrogens is 236 g/mol. The van der Waals surface area contributed by atoms with Crippen molar-refractivity contribution in [3.8, 4) is 0 Å². The summed E-state index contributed by atoms with van der Waals surface area (Å²) in [5.74, 6) is -0.964. The highest BCUT2D eigenvalue weighted by Crippen LogP contribution is 2.12. The van der Waals surface area contributed by atoms with E-state index in [-0.39, 0.29) is 12.1 Å². The smallest absolute Gasteiger partial charge is 0.326 e. The molecule has 0 bridgehead atoms. The molecule has 104 valence electrons. The highest BCUT2D eigenvalue weighted by Gasteiger charge is 2.30. The lowest BCUT2D eigenvalue weighted by molar-refractivity contribution is -0.142. The molecule has 1 saturated heterocycles. The van der Waals surface area contributed by atoms with E-state index in [0.717, 1.165) is 6.42 Å². The first-order valence-electron chi connectivity index (χ1n) is 6.37. The SMILES string of the molecule is CCC1CN(C(=O)N(C)C(CC)C(=O)O)CCO1. The van der Waals surface area contributed by atoms with Gasteiger partial charge in [0.15, 0.2) is 0 Å². The molecule has 0 saturated carbocycles. The molecule has 0 aromatic carbocycles. The van der Waals surface area contributed by atoms with E-state index >= 15 is 0 Å². The zero-order valence-corrected chi connectivity index (χ0v) is 11.3. The number of carbonyl (C=O) groups is 2. The van der Waals surface area contributed by atoms with Crippen LogP contribution in [0, 0.1) is 0 Å². The molecule has 6 heteroatoms. The Morgan fingerprint density at radius 2 is 2.17 bits per heavy atom. The van der Waals surface area contributed by atoms with E-state index < -0.39 is 12.0 Å². The maximum Gasteiger partial charge on any atom is 0.326 e. The fourth-order valence-electron chi connectivity index (χ4n) is 2.11. The molecule has 0 spiro atoms.